The van der Waals surface area contributed by atoms with E-state index in [1.54, 1.807) is 6.92 Å². The smallest absolute Gasteiger partial charge is 0.320 e. The number of rotatable bonds is 5. The second-order valence-electron chi connectivity index (χ2n) is 3.46. The Morgan fingerprint density at radius 3 is 2.83 bits per heavy atom. The van der Waals surface area contributed by atoms with Gasteiger partial charge in [0.2, 0.25) is 0 Å². The first-order valence-corrected chi connectivity index (χ1v) is 6.48. The molecule has 0 heterocycles. The van der Waals surface area contributed by atoms with Gasteiger partial charge in [0.1, 0.15) is 4.83 Å². The fourth-order valence-electron chi connectivity index (χ4n) is 1.34. The van der Waals surface area contributed by atoms with Gasteiger partial charge >= 0.3 is 5.97 Å². The van der Waals surface area contributed by atoms with Crippen LogP contribution in [-0.4, -0.2) is 22.3 Å². The zero-order chi connectivity index (χ0) is 13.7. The molecule has 1 unspecified atom stereocenters. The molecule has 0 saturated heterocycles. The molecule has 0 saturated carbocycles. The van der Waals surface area contributed by atoms with Crippen molar-refractivity contribution in [2.24, 2.45) is 0 Å². The highest BCUT2D eigenvalue weighted by Crippen LogP contribution is 2.25. The highest BCUT2D eigenvalue weighted by Gasteiger charge is 2.19. The number of hydrogen-bond donors (Lipinski definition) is 0. The number of ether oxygens (including phenoxy) is 1. The minimum atomic E-state index is -0.572. The normalized spacial score (nSPS) is 11.9. The van der Waals surface area contributed by atoms with E-state index in [2.05, 4.69) is 15.9 Å². The minimum Gasteiger partial charge on any atom is -0.465 e. The molecule has 0 amide bonds. The Morgan fingerprint density at radius 1 is 1.61 bits per heavy atom. The summed E-state index contributed by atoms with van der Waals surface area (Å²) in [4.78, 5) is 21.0. The molecular formula is C11H11BrClNO4. The summed E-state index contributed by atoms with van der Waals surface area (Å²) in [6, 6.07) is 4.12. The number of nitro groups is 1. The van der Waals surface area contributed by atoms with Crippen molar-refractivity contribution in [3.05, 3.63) is 38.9 Å². The first kappa shape index (κ1) is 14.9. The van der Waals surface area contributed by atoms with Crippen LogP contribution in [0, 0.1) is 10.1 Å². The fraction of sp³-hybridized carbons (Fsp3) is 0.364. The Kier molecular flexibility index (Phi) is 5.55. The van der Waals surface area contributed by atoms with Gasteiger partial charge in [0, 0.05) is 17.2 Å². The molecule has 1 aromatic rings. The Morgan fingerprint density at radius 2 is 2.28 bits per heavy atom. The third-order valence-corrected chi connectivity index (χ3v) is 3.25. The van der Waals surface area contributed by atoms with E-state index in [1.165, 1.54) is 18.2 Å². The summed E-state index contributed by atoms with van der Waals surface area (Å²) in [5.74, 6) is -0.417. The average Bonchev–Trinajstić information content (AvgIpc) is 2.31. The maximum atomic E-state index is 11.4. The van der Waals surface area contributed by atoms with Gasteiger partial charge in [0.05, 0.1) is 11.5 Å². The predicted octanol–water partition coefficient (Wildman–Crippen LogP) is 3.12. The summed E-state index contributed by atoms with van der Waals surface area (Å²) in [5.41, 5.74) is 0.471. The average molecular weight is 337 g/mol. The summed E-state index contributed by atoms with van der Waals surface area (Å²) in [7, 11) is 0. The number of carbonyl (C=O) groups is 1. The maximum absolute atomic E-state index is 11.4. The molecule has 0 spiro atoms. The van der Waals surface area contributed by atoms with Crippen molar-refractivity contribution in [2.75, 3.05) is 6.61 Å². The first-order valence-electron chi connectivity index (χ1n) is 5.19. The summed E-state index contributed by atoms with van der Waals surface area (Å²) >= 11 is 9.10. The van der Waals surface area contributed by atoms with Crippen LogP contribution in [0.3, 0.4) is 0 Å². The van der Waals surface area contributed by atoms with E-state index in [9.17, 15) is 14.9 Å². The van der Waals surface area contributed by atoms with E-state index >= 15 is 0 Å². The molecule has 0 aromatic heterocycles. The molecule has 0 aliphatic heterocycles. The zero-order valence-corrected chi connectivity index (χ0v) is 11.9. The molecule has 0 fully saturated rings. The highest BCUT2D eigenvalue weighted by atomic mass is 79.9. The summed E-state index contributed by atoms with van der Waals surface area (Å²) in [6.45, 7) is 1.99. The van der Waals surface area contributed by atoms with Gasteiger partial charge in [0.15, 0.2) is 0 Å². The second-order valence-corrected chi connectivity index (χ2v) is 4.97. The third kappa shape index (κ3) is 3.96. The maximum Gasteiger partial charge on any atom is 0.320 e. The number of alkyl halides is 1. The Labute approximate surface area is 117 Å². The number of non-ortho nitro benzene ring substituents is 1. The summed E-state index contributed by atoms with van der Waals surface area (Å²) < 4.78 is 4.83. The molecule has 7 heteroatoms. The van der Waals surface area contributed by atoms with Gasteiger partial charge in [-0.3, -0.25) is 14.9 Å². The Bertz CT molecular complexity index is 466. The number of benzene rings is 1. The number of esters is 1. The second kappa shape index (κ2) is 6.70. The van der Waals surface area contributed by atoms with E-state index < -0.39 is 15.7 Å². The van der Waals surface area contributed by atoms with Crippen molar-refractivity contribution in [2.45, 2.75) is 18.2 Å². The van der Waals surface area contributed by atoms with E-state index in [-0.39, 0.29) is 18.7 Å². The third-order valence-electron chi connectivity index (χ3n) is 2.18. The molecule has 1 atom stereocenters. The lowest BCUT2D eigenvalue weighted by Gasteiger charge is -2.10. The lowest BCUT2D eigenvalue weighted by molar-refractivity contribution is -0.384. The van der Waals surface area contributed by atoms with E-state index in [0.29, 0.717) is 10.6 Å². The zero-order valence-electron chi connectivity index (χ0n) is 9.56. The number of nitrogens with zero attached hydrogens (tertiary/aromatic N) is 1. The minimum absolute atomic E-state index is 0.0574. The largest absolute Gasteiger partial charge is 0.465 e. The van der Waals surface area contributed by atoms with Gasteiger partial charge in [-0.1, -0.05) is 27.5 Å². The van der Waals surface area contributed by atoms with Crippen molar-refractivity contribution in [3.63, 3.8) is 0 Å². The van der Waals surface area contributed by atoms with Crippen LogP contribution in [0.15, 0.2) is 18.2 Å². The molecule has 5 nitrogen and oxygen atoms in total. The lowest BCUT2D eigenvalue weighted by Crippen LogP contribution is -2.19. The molecule has 0 aliphatic rings. The number of carbonyl (C=O) groups excluding carboxylic acids is 1. The van der Waals surface area contributed by atoms with Gasteiger partial charge < -0.3 is 4.74 Å². The van der Waals surface area contributed by atoms with Gasteiger partial charge in [-0.15, -0.1) is 0 Å². The van der Waals surface area contributed by atoms with Crippen molar-refractivity contribution >= 4 is 39.2 Å². The molecule has 98 valence electrons. The van der Waals surface area contributed by atoms with Crippen LogP contribution in [0.25, 0.3) is 0 Å². The van der Waals surface area contributed by atoms with Crippen molar-refractivity contribution in [1.29, 1.82) is 0 Å². The Balaban J connectivity index is 2.86. The number of halogens is 2. The van der Waals surface area contributed by atoms with Gasteiger partial charge in [-0.2, -0.15) is 0 Å². The van der Waals surface area contributed by atoms with Crippen LogP contribution in [0.1, 0.15) is 12.5 Å². The van der Waals surface area contributed by atoms with Crippen LogP contribution < -0.4 is 0 Å². The quantitative estimate of drug-likeness (QED) is 0.358. The van der Waals surface area contributed by atoms with Crippen molar-refractivity contribution < 1.29 is 14.5 Å². The van der Waals surface area contributed by atoms with Crippen molar-refractivity contribution in [1.82, 2.24) is 0 Å². The topological polar surface area (TPSA) is 69.4 Å². The standard InChI is InChI=1S/C11H11BrClNO4/c1-2-18-11(15)9(12)6-7-5-8(14(16)17)3-4-10(7)13/h3-5,9H,2,6H2,1H3. The van der Waals surface area contributed by atoms with E-state index in [4.69, 9.17) is 16.3 Å². The predicted molar refractivity (Wildman–Crippen MR) is 71.2 cm³/mol. The van der Waals surface area contributed by atoms with Crippen LogP contribution in [0.4, 0.5) is 5.69 Å². The van der Waals surface area contributed by atoms with Crippen LogP contribution in [-0.2, 0) is 16.0 Å². The molecule has 0 aliphatic carbocycles. The van der Waals surface area contributed by atoms with Gasteiger partial charge in [0.25, 0.3) is 5.69 Å². The highest BCUT2D eigenvalue weighted by molar-refractivity contribution is 9.10. The molecular weight excluding hydrogens is 325 g/mol. The summed E-state index contributed by atoms with van der Waals surface area (Å²) in [6.07, 6.45) is 0.235. The Hall–Kier alpha value is -1.14. The first-order chi connectivity index (χ1) is 8.45. The van der Waals surface area contributed by atoms with Crippen LogP contribution >= 0.6 is 27.5 Å². The molecule has 1 aromatic carbocycles. The fourth-order valence-corrected chi connectivity index (χ4v) is 2.02. The van der Waals surface area contributed by atoms with Gasteiger partial charge in [-0.05, 0) is 25.0 Å². The van der Waals surface area contributed by atoms with Crippen LogP contribution in [0.5, 0.6) is 0 Å². The van der Waals surface area contributed by atoms with Crippen molar-refractivity contribution in [3.8, 4) is 0 Å². The van der Waals surface area contributed by atoms with E-state index in [0.717, 1.165) is 0 Å². The molecule has 0 radical (unpaired) electrons. The SMILES string of the molecule is CCOC(=O)C(Br)Cc1cc([N+](=O)[O-])ccc1Cl. The summed E-state index contributed by atoms with van der Waals surface area (Å²) in [5, 5.41) is 11.0. The molecule has 0 N–H and O–H groups in total. The van der Waals surface area contributed by atoms with E-state index in [1.807, 2.05) is 0 Å². The van der Waals surface area contributed by atoms with Crippen LogP contribution in [0.2, 0.25) is 5.02 Å². The number of hydrogen-bond acceptors (Lipinski definition) is 4. The number of nitro benzene ring substituents is 1. The lowest BCUT2D eigenvalue weighted by atomic mass is 10.1. The monoisotopic (exact) mass is 335 g/mol. The molecule has 0 bridgehead atoms. The molecule has 18 heavy (non-hydrogen) atoms. The van der Waals surface area contributed by atoms with Gasteiger partial charge in [-0.25, -0.2) is 0 Å². The molecule has 1 rings (SSSR count).